The van der Waals surface area contributed by atoms with Gasteiger partial charge in [0.05, 0.1) is 0 Å². The van der Waals surface area contributed by atoms with Gasteiger partial charge in [-0.1, -0.05) is 24.6 Å². The second kappa shape index (κ2) is 5.65. The molecule has 1 nitrogen and oxygen atoms in total. The fourth-order valence-corrected chi connectivity index (χ4v) is 4.19. The molecule has 0 saturated heterocycles. The molecule has 0 radical (unpaired) electrons. The van der Waals surface area contributed by atoms with E-state index in [-0.39, 0.29) is 11.2 Å². The fourth-order valence-electron chi connectivity index (χ4n) is 3.96. The van der Waals surface area contributed by atoms with Crippen LogP contribution in [0.5, 0.6) is 0 Å². The molecule has 1 aromatic carbocycles. The second-order valence-corrected chi connectivity index (χ2v) is 7.13. The highest BCUT2D eigenvalue weighted by Crippen LogP contribution is 2.60. The molecule has 0 heterocycles. The fraction of sp³-hybridized carbons (Fsp3) is 0.647. The van der Waals surface area contributed by atoms with Crippen molar-refractivity contribution in [1.82, 2.24) is 5.32 Å². The maximum absolute atomic E-state index is 14.1. The van der Waals surface area contributed by atoms with E-state index in [1.54, 1.807) is 6.07 Å². The smallest absolute Gasteiger partial charge is 0.127 e. The summed E-state index contributed by atoms with van der Waals surface area (Å²) < 4.78 is 14.1. The lowest BCUT2D eigenvalue weighted by molar-refractivity contribution is 0.246. The molecule has 2 atom stereocenters. The minimum absolute atomic E-state index is 0.145. The van der Waals surface area contributed by atoms with Crippen molar-refractivity contribution >= 4 is 11.6 Å². The van der Waals surface area contributed by atoms with Gasteiger partial charge in [-0.05, 0) is 68.0 Å². The maximum atomic E-state index is 14.1. The van der Waals surface area contributed by atoms with Crippen LogP contribution in [0.4, 0.5) is 4.39 Å². The molecule has 1 aromatic rings. The van der Waals surface area contributed by atoms with Gasteiger partial charge in [-0.15, -0.1) is 0 Å². The highest BCUT2D eigenvalue weighted by molar-refractivity contribution is 6.31. The molecule has 1 N–H and O–H groups in total. The van der Waals surface area contributed by atoms with Crippen molar-refractivity contribution in [3.05, 3.63) is 34.6 Å². The number of benzene rings is 1. The third-order valence-corrected chi connectivity index (χ3v) is 5.35. The number of halogens is 2. The zero-order chi connectivity index (χ0) is 14.2. The molecule has 2 aliphatic carbocycles. The Morgan fingerprint density at radius 3 is 2.75 bits per heavy atom. The van der Waals surface area contributed by atoms with Crippen LogP contribution in [0.25, 0.3) is 0 Å². The van der Waals surface area contributed by atoms with Crippen LogP contribution in [0.15, 0.2) is 18.2 Å². The summed E-state index contributed by atoms with van der Waals surface area (Å²) in [6.07, 6.45) is 5.78. The number of hydrogen-bond donors (Lipinski definition) is 1. The van der Waals surface area contributed by atoms with Crippen molar-refractivity contribution in [1.29, 1.82) is 0 Å². The van der Waals surface area contributed by atoms with Crippen LogP contribution in [0.2, 0.25) is 5.02 Å². The van der Waals surface area contributed by atoms with Gasteiger partial charge in [0.15, 0.2) is 0 Å². The van der Waals surface area contributed by atoms with Crippen LogP contribution in [-0.4, -0.2) is 13.1 Å². The predicted octanol–water partition coefficient (Wildman–Crippen LogP) is 4.44. The van der Waals surface area contributed by atoms with E-state index in [4.69, 9.17) is 11.6 Å². The molecule has 0 spiro atoms. The van der Waals surface area contributed by atoms with Crippen LogP contribution >= 0.6 is 11.6 Å². The first-order chi connectivity index (χ1) is 9.63. The first-order valence-electron chi connectivity index (χ1n) is 7.77. The molecular weight excluding hydrogens is 273 g/mol. The van der Waals surface area contributed by atoms with Crippen LogP contribution in [0.1, 0.15) is 38.2 Å². The molecule has 2 unspecified atom stereocenters. The van der Waals surface area contributed by atoms with E-state index in [0.29, 0.717) is 10.6 Å². The second-order valence-electron chi connectivity index (χ2n) is 6.72. The molecule has 110 valence electrons. The Balaban J connectivity index is 1.76. The van der Waals surface area contributed by atoms with Gasteiger partial charge >= 0.3 is 0 Å². The third kappa shape index (κ3) is 2.87. The largest absolute Gasteiger partial charge is 0.316 e. The van der Waals surface area contributed by atoms with E-state index in [2.05, 4.69) is 12.2 Å². The number of rotatable bonds is 6. The van der Waals surface area contributed by atoms with Gasteiger partial charge in [-0.2, -0.15) is 0 Å². The molecular formula is C17H23ClFN. The van der Waals surface area contributed by atoms with Crippen molar-refractivity contribution in [3.8, 4) is 0 Å². The van der Waals surface area contributed by atoms with E-state index >= 15 is 0 Å². The minimum Gasteiger partial charge on any atom is -0.316 e. The summed E-state index contributed by atoms with van der Waals surface area (Å²) in [5.74, 6) is 1.64. The molecule has 20 heavy (non-hydrogen) atoms. The first kappa shape index (κ1) is 14.3. The third-order valence-electron chi connectivity index (χ3n) is 5.00. The van der Waals surface area contributed by atoms with Crippen molar-refractivity contribution in [3.63, 3.8) is 0 Å². The van der Waals surface area contributed by atoms with Crippen LogP contribution in [0.3, 0.4) is 0 Å². The summed E-state index contributed by atoms with van der Waals surface area (Å²) in [5.41, 5.74) is 0.933. The summed E-state index contributed by atoms with van der Waals surface area (Å²) in [5, 5.41) is 4.14. The highest BCUT2D eigenvalue weighted by atomic mass is 35.5. The van der Waals surface area contributed by atoms with E-state index in [1.807, 2.05) is 6.07 Å². The van der Waals surface area contributed by atoms with E-state index < -0.39 is 0 Å². The lowest BCUT2D eigenvalue weighted by Crippen LogP contribution is -2.36. The highest BCUT2D eigenvalue weighted by Gasteiger charge is 2.53. The molecule has 0 aromatic heterocycles. The summed E-state index contributed by atoms with van der Waals surface area (Å²) in [6.45, 7) is 4.22. The van der Waals surface area contributed by atoms with Gasteiger partial charge in [0.1, 0.15) is 5.82 Å². The topological polar surface area (TPSA) is 12.0 Å². The molecule has 0 amide bonds. The Morgan fingerprint density at radius 2 is 2.10 bits per heavy atom. The molecule has 2 saturated carbocycles. The average Bonchev–Trinajstić information content (AvgIpc) is 3.03. The number of hydrogen-bond acceptors (Lipinski definition) is 1. The number of nitrogens with one attached hydrogen (secondary N) is 1. The quantitative estimate of drug-likeness (QED) is 0.765. The summed E-state index contributed by atoms with van der Waals surface area (Å²) in [4.78, 5) is 0. The van der Waals surface area contributed by atoms with Crippen molar-refractivity contribution in [2.45, 2.75) is 39.0 Å². The zero-order valence-corrected chi connectivity index (χ0v) is 12.8. The molecule has 3 rings (SSSR count). The molecule has 0 bridgehead atoms. The van der Waals surface area contributed by atoms with Crippen molar-refractivity contribution in [2.24, 2.45) is 17.3 Å². The van der Waals surface area contributed by atoms with Crippen LogP contribution in [0, 0.1) is 23.1 Å². The first-order valence-corrected chi connectivity index (χ1v) is 8.15. The Hall–Kier alpha value is -0.600. The van der Waals surface area contributed by atoms with Gasteiger partial charge in [0.25, 0.3) is 0 Å². The predicted molar refractivity (Wildman–Crippen MR) is 81.5 cm³/mol. The summed E-state index contributed by atoms with van der Waals surface area (Å²) in [6, 6.07) is 5.03. The molecule has 0 aliphatic heterocycles. The normalized spacial score (nSPS) is 31.4. The van der Waals surface area contributed by atoms with Gasteiger partial charge in [0, 0.05) is 17.1 Å². The van der Waals surface area contributed by atoms with Gasteiger partial charge in [-0.25, -0.2) is 4.39 Å². The van der Waals surface area contributed by atoms with E-state index in [0.717, 1.165) is 37.8 Å². The standard InChI is InChI=1S/C17H23ClFN/c1-2-6-20-11-17(8-12-7-13(12)9-17)10-14-15(18)4-3-5-16(14)19/h3-5,12-13,20H,2,6-11H2,1H3. The van der Waals surface area contributed by atoms with Crippen LogP contribution in [-0.2, 0) is 6.42 Å². The number of fused-ring (bicyclic) bond motifs is 1. The lowest BCUT2D eigenvalue weighted by Gasteiger charge is -2.32. The minimum atomic E-state index is -0.145. The molecule has 2 fully saturated rings. The average molecular weight is 296 g/mol. The Morgan fingerprint density at radius 1 is 1.35 bits per heavy atom. The van der Waals surface area contributed by atoms with Gasteiger partial charge in [0.2, 0.25) is 0 Å². The summed E-state index contributed by atoms with van der Waals surface area (Å²) in [7, 11) is 0. The lowest BCUT2D eigenvalue weighted by atomic mass is 9.77. The SMILES string of the molecule is CCCNCC1(Cc2c(F)cccc2Cl)CC2CC2C1. The Labute approximate surface area is 125 Å². The van der Waals surface area contributed by atoms with Gasteiger partial charge in [-0.3, -0.25) is 0 Å². The van der Waals surface area contributed by atoms with Gasteiger partial charge < -0.3 is 5.32 Å². The summed E-state index contributed by atoms with van der Waals surface area (Å²) >= 11 is 6.22. The zero-order valence-electron chi connectivity index (χ0n) is 12.1. The maximum Gasteiger partial charge on any atom is 0.127 e. The van der Waals surface area contributed by atoms with Crippen LogP contribution < -0.4 is 5.32 Å². The van der Waals surface area contributed by atoms with E-state index in [1.165, 1.54) is 25.3 Å². The molecule has 3 heteroatoms. The van der Waals surface area contributed by atoms with Crippen molar-refractivity contribution in [2.75, 3.05) is 13.1 Å². The Kier molecular flexibility index (Phi) is 4.05. The Bertz CT molecular complexity index is 458. The van der Waals surface area contributed by atoms with Crippen molar-refractivity contribution < 1.29 is 4.39 Å². The van der Waals surface area contributed by atoms with E-state index in [9.17, 15) is 4.39 Å². The molecule has 2 aliphatic rings. The monoisotopic (exact) mass is 295 g/mol.